The molecule has 0 saturated heterocycles. The maximum absolute atomic E-state index is 13.3. The summed E-state index contributed by atoms with van der Waals surface area (Å²) in [5.41, 5.74) is -14.7. The Balaban J connectivity index is 3.77. The summed E-state index contributed by atoms with van der Waals surface area (Å²) in [6.07, 6.45) is -18.9. The number of alkyl halides is 11. The molecule has 0 heterocycles. The van der Waals surface area contributed by atoms with Gasteiger partial charge in [-0.15, -0.1) is 0 Å². The van der Waals surface area contributed by atoms with Crippen molar-refractivity contribution in [3.63, 3.8) is 0 Å². The van der Waals surface area contributed by atoms with E-state index in [0.29, 0.717) is 0 Å². The Morgan fingerprint density at radius 2 is 1.09 bits per heavy atom. The quantitative estimate of drug-likeness (QED) is 0.562. The second kappa shape index (κ2) is 4.75. The minimum absolute atomic E-state index is 3.43. The van der Waals surface area contributed by atoms with Crippen molar-refractivity contribution in [2.75, 3.05) is 0 Å². The second-order valence-electron chi connectivity index (χ2n) is 4.13. The van der Waals surface area contributed by atoms with Crippen molar-refractivity contribution >= 4 is 0 Å². The van der Waals surface area contributed by atoms with E-state index in [-0.39, 0.29) is 0 Å². The first-order chi connectivity index (χ1) is 9.85. The molecule has 1 aliphatic carbocycles. The zero-order valence-corrected chi connectivity index (χ0v) is 9.79. The average Bonchev–Trinajstić information content (AvgIpc) is 2.29. The van der Waals surface area contributed by atoms with E-state index in [0.717, 1.165) is 0 Å². The van der Waals surface area contributed by atoms with E-state index in [2.05, 4.69) is 0 Å². The van der Waals surface area contributed by atoms with E-state index in [1.165, 1.54) is 0 Å². The summed E-state index contributed by atoms with van der Waals surface area (Å²) in [7, 11) is 0. The Labute approximate surface area is 116 Å². The van der Waals surface area contributed by atoms with Crippen molar-refractivity contribution in [2.45, 2.75) is 29.9 Å². The third-order valence-corrected chi connectivity index (χ3v) is 2.78. The molecule has 134 valence electrons. The van der Waals surface area contributed by atoms with Crippen LogP contribution < -0.4 is 0 Å². The molecule has 0 saturated carbocycles. The molecule has 0 atom stereocenters. The van der Waals surface area contributed by atoms with Gasteiger partial charge in [0, 0.05) is 0 Å². The number of rotatable bonds is 2. The molecule has 0 unspecified atom stereocenters. The molecule has 0 fully saturated rings. The maximum Gasteiger partial charge on any atom is 0.438 e. The summed E-state index contributed by atoms with van der Waals surface area (Å²) in [5, 5.41) is 0. The Morgan fingerprint density at radius 1 is 0.739 bits per heavy atom. The van der Waals surface area contributed by atoms with E-state index < -0.39 is 52.9 Å². The van der Waals surface area contributed by atoms with Gasteiger partial charge in [0.15, 0.2) is 5.83 Å². The lowest BCUT2D eigenvalue weighted by atomic mass is 9.76. The van der Waals surface area contributed by atoms with Crippen LogP contribution in [0.5, 0.6) is 0 Å². The molecule has 14 heteroatoms. The molecule has 0 spiro atoms. The van der Waals surface area contributed by atoms with Gasteiger partial charge in [-0.3, -0.25) is 0 Å². The lowest BCUT2D eigenvalue weighted by molar-refractivity contribution is -0.389. The predicted octanol–water partition coefficient (Wildman–Crippen LogP) is 5.48. The largest absolute Gasteiger partial charge is 0.438 e. The maximum atomic E-state index is 13.3. The van der Waals surface area contributed by atoms with E-state index in [1.54, 1.807) is 0 Å². The predicted molar refractivity (Wildman–Crippen MR) is 43.2 cm³/mol. The van der Waals surface area contributed by atoms with E-state index in [9.17, 15) is 61.5 Å². The van der Waals surface area contributed by atoms with Crippen molar-refractivity contribution in [1.29, 1.82) is 0 Å². The summed E-state index contributed by atoms with van der Waals surface area (Å²) >= 11 is 0. The van der Waals surface area contributed by atoms with Crippen LogP contribution in [0.25, 0.3) is 0 Å². The third-order valence-electron chi connectivity index (χ3n) is 2.78. The molecule has 0 N–H and O–H groups in total. The molecule has 0 amide bonds. The van der Waals surface area contributed by atoms with Crippen molar-refractivity contribution < 1.29 is 61.5 Å². The Morgan fingerprint density at radius 3 is 1.35 bits per heavy atom. The van der Waals surface area contributed by atoms with Gasteiger partial charge in [-0.1, -0.05) is 0 Å². The minimum Gasteiger partial charge on any atom is -0.216 e. The van der Waals surface area contributed by atoms with Crippen LogP contribution in [-0.4, -0.2) is 29.9 Å². The number of hydrogen-bond acceptors (Lipinski definition) is 0. The van der Waals surface area contributed by atoms with Crippen LogP contribution in [0.4, 0.5) is 61.5 Å². The van der Waals surface area contributed by atoms with Gasteiger partial charge in [0.05, 0.1) is 5.57 Å². The van der Waals surface area contributed by atoms with Gasteiger partial charge in [-0.25, -0.2) is 8.78 Å². The van der Waals surface area contributed by atoms with Crippen molar-refractivity contribution in [3.8, 4) is 0 Å². The molecular weight excluding hydrogens is 374 g/mol. The third kappa shape index (κ3) is 2.28. The number of halogens is 14. The molecule has 23 heavy (non-hydrogen) atoms. The molecule has 0 nitrogen and oxygen atoms in total. The highest BCUT2D eigenvalue weighted by molar-refractivity contribution is 5.59. The van der Waals surface area contributed by atoms with Gasteiger partial charge in [0.1, 0.15) is 5.57 Å². The van der Waals surface area contributed by atoms with E-state index in [1.807, 2.05) is 0 Å². The summed E-state index contributed by atoms with van der Waals surface area (Å²) < 4.78 is 175. The van der Waals surface area contributed by atoms with Gasteiger partial charge < -0.3 is 0 Å². The van der Waals surface area contributed by atoms with Crippen LogP contribution in [0, 0.1) is 0 Å². The summed E-state index contributed by atoms with van der Waals surface area (Å²) in [5.74, 6) is -16.4. The second-order valence-corrected chi connectivity index (χ2v) is 4.13. The fourth-order valence-corrected chi connectivity index (χ4v) is 1.67. The van der Waals surface area contributed by atoms with Gasteiger partial charge in [-0.05, 0) is 0 Å². The lowest BCUT2D eigenvalue weighted by Gasteiger charge is -2.41. The summed E-state index contributed by atoms with van der Waals surface area (Å²) in [4.78, 5) is 0. The van der Waals surface area contributed by atoms with E-state index >= 15 is 0 Å². The van der Waals surface area contributed by atoms with Crippen molar-refractivity contribution in [3.05, 3.63) is 23.1 Å². The fraction of sp³-hybridized carbons (Fsp3) is 0.556. The SMILES string of the molecule is FC(F)=C1C(C(F)(F)C(F)(C(F)(F)F)C(F)(F)F)=C(F)C1(F)F. The Kier molecular flexibility index (Phi) is 4.04. The van der Waals surface area contributed by atoms with Crippen LogP contribution in [0.3, 0.4) is 0 Å². The Hall–Kier alpha value is -1.50. The topological polar surface area (TPSA) is 0 Å². The molecular formula is C9F14. The molecule has 1 rings (SSSR count). The first-order valence-electron chi connectivity index (χ1n) is 4.90. The normalized spacial score (nSPS) is 19.8. The molecule has 0 aromatic heterocycles. The fourth-order valence-electron chi connectivity index (χ4n) is 1.67. The van der Waals surface area contributed by atoms with Crippen LogP contribution in [0.2, 0.25) is 0 Å². The standard InChI is InChI=1S/C9F14/c10-3-1(2(4(11)12)5(3,13)14)6(15,16)7(17,8(18,19)20)9(21,22)23. The minimum atomic E-state index is -7.57. The zero-order chi connectivity index (χ0) is 18.8. The first-order valence-corrected chi connectivity index (χ1v) is 4.90. The first kappa shape index (κ1) is 19.5. The van der Waals surface area contributed by atoms with Gasteiger partial charge >= 0.3 is 29.9 Å². The van der Waals surface area contributed by atoms with Gasteiger partial charge in [0.25, 0.3) is 6.08 Å². The monoisotopic (exact) mass is 374 g/mol. The molecule has 0 aliphatic heterocycles. The highest BCUT2D eigenvalue weighted by Gasteiger charge is 2.87. The van der Waals surface area contributed by atoms with Crippen LogP contribution in [-0.2, 0) is 0 Å². The van der Waals surface area contributed by atoms with Crippen LogP contribution >= 0.6 is 0 Å². The van der Waals surface area contributed by atoms with Crippen LogP contribution in [0.1, 0.15) is 0 Å². The van der Waals surface area contributed by atoms with E-state index in [4.69, 9.17) is 0 Å². The molecule has 0 radical (unpaired) electrons. The van der Waals surface area contributed by atoms with Gasteiger partial charge in [0.2, 0.25) is 0 Å². The zero-order valence-electron chi connectivity index (χ0n) is 9.79. The van der Waals surface area contributed by atoms with Crippen molar-refractivity contribution in [1.82, 2.24) is 0 Å². The molecule has 0 aromatic rings. The highest BCUT2D eigenvalue weighted by atomic mass is 19.4. The number of allylic oxidation sites excluding steroid dienone is 3. The smallest absolute Gasteiger partial charge is 0.216 e. The number of hydrogen-bond donors (Lipinski definition) is 0. The molecule has 0 aromatic carbocycles. The van der Waals surface area contributed by atoms with Crippen molar-refractivity contribution in [2.24, 2.45) is 0 Å². The van der Waals surface area contributed by atoms with Crippen LogP contribution in [0.15, 0.2) is 23.1 Å². The molecule has 0 bridgehead atoms. The Bertz CT molecular complexity index is 552. The highest BCUT2D eigenvalue weighted by Crippen LogP contribution is 2.64. The summed E-state index contributed by atoms with van der Waals surface area (Å²) in [6.45, 7) is 0. The summed E-state index contributed by atoms with van der Waals surface area (Å²) in [6, 6.07) is 0. The van der Waals surface area contributed by atoms with Gasteiger partial charge in [-0.2, -0.15) is 52.7 Å². The average molecular weight is 374 g/mol. The molecule has 1 aliphatic rings. The lowest BCUT2D eigenvalue weighted by Crippen LogP contribution is -2.66.